The lowest BCUT2D eigenvalue weighted by atomic mass is 10.1. The molecule has 0 aliphatic carbocycles. The van der Waals surface area contributed by atoms with Gasteiger partial charge >= 0.3 is 5.97 Å². The highest BCUT2D eigenvalue weighted by molar-refractivity contribution is 7.86. The molecule has 28 heavy (non-hydrogen) atoms. The van der Waals surface area contributed by atoms with E-state index >= 15 is 0 Å². The second kappa shape index (κ2) is 8.76. The van der Waals surface area contributed by atoms with Crippen LogP contribution in [0.15, 0.2) is 30.3 Å². The molecule has 0 atom stereocenters. The van der Waals surface area contributed by atoms with Crippen LogP contribution in [-0.2, 0) is 14.9 Å². The lowest BCUT2D eigenvalue weighted by Crippen LogP contribution is -2.39. The molecule has 2 aromatic rings. The summed E-state index contributed by atoms with van der Waals surface area (Å²) in [5, 5.41) is 0. The first-order chi connectivity index (χ1) is 13.1. The average molecular weight is 410 g/mol. The second-order valence-corrected chi connectivity index (χ2v) is 8.84. The molecule has 0 radical (unpaired) electrons. The highest BCUT2D eigenvalue weighted by Crippen LogP contribution is 2.27. The van der Waals surface area contributed by atoms with Crippen LogP contribution in [0.1, 0.15) is 21.7 Å². The van der Waals surface area contributed by atoms with E-state index in [1.54, 1.807) is 25.3 Å². The van der Waals surface area contributed by atoms with Crippen molar-refractivity contribution in [1.82, 2.24) is 13.2 Å². The van der Waals surface area contributed by atoms with Crippen LogP contribution in [0.4, 0.5) is 0 Å². The molecule has 0 aliphatic rings. The van der Waals surface area contributed by atoms with Crippen LogP contribution in [-0.4, -0.2) is 69.0 Å². The topological polar surface area (TPSA) is 81.1 Å². The number of rotatable bonds is 8. The monoisotopic (exact) mass is 409 g/mol. The third-order valence-corrected chi connectivity index (χ3v) is 6.31. The van der Waals surface area contributed by atoms with E-state index in [0.29, 0.717) is 11.3 Å². The third kappa shape index (κ3) is 4.54. The number of likely N-dealkylation sites (N-methyl/N-ethyl adjacent to an activating group) is 1. The van der Waals surface area contributed by atoms with E-state index < -0.39 is 16.2 Å². The molecule has 0 saturated heterocycles. The quantitative estimate of drug-likeness (QED) is 0.623. The summed E-state index contributed by atoms with van der Waals surface area (Å²) >= 11 is 0. The van der Waals surface area contributed by atoms with E-state index in [9.17, 15) is 13.2 Å². The molecule has 0 aliphatic heterocycles. The zero-order valence-corrected chi connectivity index (χ0v) is 17.9. The Labute approximate surface area is 166 Å². The summed E-state index contributed by atoms with van der Waals surface area (Å²) in [6.07, 6.45) is 0. The fourth-order valence-electron chi connectivity index (χ4n) is 2.78. The van der Waals surface area contributed by atoms with Gasteiger partial charge in [-0.1, -0.05) is 0 Å². The number of ether oxygens (including phenoxy) is 2. The minimum absolute atomic E-state index is 0.0503. The van der Waals surface area contributed by atoms with Gasteiger partial charge in [0.05, 0.1) is 18.4 Å². The smallest absolute Gasteiger partial charge is 0.338 e. The SMILES string of the molecule is COc1ccc(C(=O)OCCN(C)S(=O)(=O)N(C)C)cc1-n1c(C)ccc1C. The lowest BCUT2D eigenvalue weighted by molar-refractivity contribution is 0.0492. The van der Waals surface area contributed by atoms with E-state index in [4.69, 9.17) is 9.47 Å². The first-order valence-corrected chi connectivity index (χ1v) is 10.1. The van der Waals surface area contributed by atoms with Gasteiger partial charge in [-0.2, -0.15) is 17.0 Å². The Morgan fingerprint density at radius 2 is 1.68 bits per heavy atom. The van der Waals surface area contributed by atoms with Crippen LogP contribution in [0.5, 0.6) is 5.75 Å². The predicted molar refractivity (Wildman–Crippen MR) is 107 cm³/mol. The summed E-state index contributed by atoms with van der Waals surface area (Å²) in [5.74, 6) is 0.109. The van der Waals surface area contributed by atoms with Gasteiger partial charge in [-0.25, -0.2) is 4.79 Å². The molecule has 0 bridgehead atoms. The van der Waals surface area contributed by atoms with Crippen molar-refractivity contribution in [3.8, 4) is 11.4 Å². The van der Waals surface area contributed by atoms with E-state index in [2.05, 4.69) is 0 Å². The molecule has 9 heteroatoms. The maximum absolute atomic E-state index is 12.5. The number of hydrogen-bond donors (Lipinski definition) is 0. The van der Waals surface area contributed by atoms with Crippen LogP contribution in [0.2, 0.25) is 0 Å². The normalized spacial score (nSPS) is 11.9. The van der Waals surface area contributed by atoms with Crippen molar-refractivity contribution in [2.75, 3.05) is 41.4 Å². The number of carbonyl (C=O) groups is 1. The molecule has 8 nitrogen and oxygen atoms in total. The molecule has 1 heterocycles. The molecule has 1 aromatic heterocycles. The van der Waals surface area contributed by atoms with Crippen LogP contribution in [0.25, 0.3) is 5.69 Å². The highest BCUT2D eigenvalue weighted by Gasteiger charge is 2.21. The van der Waals surface area contributed by atoms with Crippen LogP contribution >= 0.6 is 0 Å². The maximum Gasteiger partial charge on any atom is 0.338 e. The van der Waals surface area contributed by atoms with Gasteiger partial charge in [0.25, 0.3) is 10.2 Å². The highest BCUT2D eigenvalue weighted by atomic mass is 32.2. The summed E-state index contributed by atoms with van der Waals surface area (Å²) in [4.78, 5) is 12.5. The summed E-state index contributed by atoms with van der Waals surface area (Å²) in [7, 11) is 2.37. The zero-order chi connectivity index (χ0) is 21.1. The standard InChI is InChI=1S/C19H27N3O5S/c1-14-7-8-15(2)22(14)17-13-16(9-10-18(17)26-6)19(23)27-12-11-21(5)28(24,25)20(3)4/h7-10,13H,11-12H2,1-6H3. The van der Waals surface area contributed by atoms with Crippen molar-refractivity contribution in [2.24, 2.45) is 0 Å². The van der Waals surface area contributed by atoms with Gasteiger partial charge in [0.2, 0.25) is 0 Å². The molecule has 0 spiro atoms. The largest absolute Gasteiger partial charge is 0.495 e. The molecular weight excluding hydrogens is 382 g/mol. The number of methoxy groups -OCH3 is 1. The molecule has 2 rings (SSSR count). The second-order valence-electron chi connectivity index (χ2n) is 6.59. The molecule has 1 aromatic carbocycles. The van der Waals surface area contributed by atoms with Gasteiger partial charge in [-0.15, -0.1) is 0 Å². The van der Waals surface area contributed by atoms with Crippen LogP contribution in [0.3, 0.4) is 0 Å². The van der Waals surface area contributed by atoms with Gasteiger partial charge in [0.1, 0.15) is 12.4 Å². The molecule has 0 fully saturated rings. The number of hydrogen-bond acceptors (Lipinski definition) is 5. The van der Waals surface area contributed by atoms with Crippen LogP contribution < -0.4 is 4.74 Å². The third-order valence-electron chi connectivity index (χ3n) is 4.42. The minimum Gasteiger partial charge on any atom is -0.495 e. The van der Waals surface area contributed by atoms with Gasteiger partial charge < -0.3 is 14.0 Å². The average Bonchev–Trinajstić information content (AvgIpc) is 2.98. The molecule has 154 valence electrons. The zero-order valence-electron chi connectivity index (χ0n) is 17.1. The van der Waals surface area contributed by atoms with E-state index in [1.165, 1.54) is 21.1 Å². The van der Waals surface area contributed by atoms with Crippen molar-refractivity contribution >= 4 is 16.2 Å². The van der Waals surface area contributed by atoms with E-state index in [-0.39, 0.29) is 13.2 Å². The van der Waals surface area contributed by atoms with Crippen molar-refractivity contribution in [2.45, 2.75) is 13.8 Å². The van der Waals surface area contributed by atoms with Gasteiger partial charge in [0, 0.05) is 39.1 Å². The summed E-state index contributed by atoms with van der Waals surface area (Å²) in [6.45, 7) is 3.95. The first-order valence-electron chi connectivity index (χ1n) is 8.74. The Bertz CT molecular complexity index is 931. The molecular formula is C19H27N3O5S. The fraction of sp³-hybridized carbons (Fsp3) is 0.421. The van der Waals surface area contributed by atoms with Crippen molar-refractivity contribution in [3.63, 3.8) is 0 Å². The van der Waals surface area contributed by atoms with Crippen LogP contribution in [0, 0.1) is 13.8 Å². The Balaban J connectivity index is 2.16. The van der Waals surface area contributed by atoms with E-state index in [1.807, 2.05) is 30.5 Å². The Morgan fingerprint density at radius 3 is 2.21 bits per heavy atom. The number of carbonyl (C=O) groups excluding carboxylic acids is 1. The van der Waals surface area contributed by atoms with Gasteiger partial charge in [0.15, 0.2) is 0 Å². The number of aromatic nitrogens is 1. The first kappa shape index (κ1) is 21.9. The van der Waals surface area contributed by atoms with E-state index in [0.717, 1.165) is 25.7 Å². The molecule has 0 saturated carbocycles. The maximum atomic E-state index is 12.5. The Morgan fingerprint density at radius 1 is 1.07 bits per heavy atom. The summed E-state index contributed by atoms with van der Waals surface area (Å²) < 4.78 is 38.9. The Kier molecular flexibility index (Phi) is 6.87. The molecule has 0 amide bonds. The fourth-order valence-corrected chi connectivity index (χ4v) is 3.65. The van der Waals surface area contributed by atoms with Crippen molar-refractivity contribution in [3.05, 3.63) is 47.3 Å². The number of benzene rings is 1. The number of aryl methyl sites for hydroxylation is 2. The number of esters is 1. The molecule has 0 N–H and O–H groups in total. The van der Waals surface area contributed by atoms with Crippen molar-refractivity contribution in [1.29, 1.82) is 0 Å². The minimum atomic E-state index is -3.54. The molecule has 0 unspecified atom stereocenters. The summed E-state index contributed by atoms with van der Waals surface area (Å²) in [5.41, 5.74) is 3.12. The number of nitrogens with zero attached hydrogens (tertiary/aromatic N) is 3. The van der Waals surface area contributed by atoms with Gasteiger partial charge in [-0.3, -0.25) is 0 Å². The lowest BCUT2D eigenvalue weighted by Gasteiger charge is -2.21. The van der Waals surface area contributed by atoms with Gasteiger partial charge in [-0.05, 0) is 44.2 Å². The Hall–Kier alpha value is -2.36. The predicted octanol–water partition coefficient (Wildman–Crippen LogP) is 2.00. The van der Waals surface area contributed by atoms with Crippen molar-refractivity contribution < 1.29 is 22.7 Å². The summed E-state index contributed by atoms with van der Waals surface area (Å²) in [6, 6.07) is 9.02.